The molecule has 0 spiro atoms. The normalized spacial score (nSPS) is 14.2. The molecule has 0 fully saturated rings. The highest BCUT2D eigenvalue weighted by molar-refractivity contribution is 8.00. The lowest BCUT2D eigenvalue weighted by molar-refractivity contribution is -0.115. The molecule has 1 aliphatic rings. The Morgan fingerprint density at radius 2 is 1.61 bits per heavy atom. The second-order valence-corrected chi connectivity index (χ2v) is 10.5. The van der Waals surface area contributed by atoms with Gasteiger partial charge in [0.25, 0.3) is 0 Å². The zero-order chi connectivity index (χ0) is 25.1. The Morgan fingerprint density at radius 3 is 2.25 bits per heavy atom. The van der Waals surface area contributed by atoms with Crippen LogP contribution in [0.1, 0.15) is 30.7 Å². The predicted octanol–water partition coefficient (Wildman–Crippen LogP) is 6.76. The second-order valence-electron chi connectivity index (χ2n) is 9.56. The summed E-state index contributed by atoms with van der Waals surface area (Å²) in [7, 11) is 0. The van der Waals surface area contributed by atoms with Gasteiger partial charge in [0, 0.05) is 28.9 Å². The van der Waals surface area contributed by atoms with E-state index in [1.54, 1.807) is 4.90 Å². The molecular weight excluding hydrogens is 466 g/mol. The van der Waals surface area contributed by atoms with Crippen LogP contribution >= 0.6 is 11.8 Å². The molecule has 5 rings (SSSR count). The van der Waals surface area contributed by atoms with Gasteiger partial charge in [-0.2, -0.15) is 0 Å². The van der Waals surface area contributed by atoms with Crippen molar-refractivity contribution in [2.24, 2.45) is 0 Å². The van der Waals surface area contributed by atoms with Gasteiger partial charge in [-0.3, -0.25) is 9.69 Å². The van der Waals surface area contributed by atoms with Crippen LogP contribution in [0.2, 0.25) is 0 Å². The van der Waals surface area contributed by atoms with Crippen molar-refractivity contribution in [2.75, 3.05) is 10.7 Å². The number of carbonyl (C=O) groups is 1. The van der Waals surface area contributed by atoms with Crippen molar-refractivity contribution in [1.29, 1.82) is 0 Å². The molecule has 0 unspecified atom stereocenters. The minimum Gasteiger partial charge on any atom is -0.370 e. The Bertz CT molecular complexity index is 1330. The van der Waals surface area contributed by atoms with E-state index in [0.717, 1.165) is 38.8 Å². The van der Waals surface area contributed by atoms with Crippen molar-refractivity contribution >= 4 is 29.0 Å². The molecule has 0 aliphatic carbocycles. The van der Waals surface area contributed by atoms with Crippen molar-refractivity contribution in [1.82, 2.24) is 9.97 Å². The summed E-state index contributed by atoms with van der Waals surface area (Å²) in [5.74, 6) is 0.913. The van der Waals surface area contributed by atoms with Crippen LogP contribution in [0.15, 0.2) is 90.0 Å². The van der Waals surface area contributed by atoms with E-state index in [2.05, 4.69) is 32.9 Å². The topological polar surface area (TPSA) is 55.3 Å². The summed E-state index contributed by atoms with van der Waals surface area (Å²) in [4.78, 5) is 25.2. The number of thioether (sulfide) groups is 1. The summed E-state index contributed by atoms with van der Waals surface area (Å²) in [6.07, 6.45) is 0.700. The zero-order valence-corrected chi connectivity index (χ0v) is 21.6. The van der Waals surface area contributed by atoms with Gasteiger partial charge < -0.3 is 4.74 Å². The Hall–Kier alpha value is -3.48. The molecule has 0 N–H and O–H groups in total. The number of carbonyl (C=O) groups excluding carboxylic acids is 1. The van der Waals surface area contributed by atoms with E-state index in [-0.39, 0.29) is 17.3 Å². The van der Waals surface area contributed by atoms with Gasteiger partial charge in [-0.25, -0.2) is 9.97 Å². The number of aryl methyl sites for hydroxylation is 1. The Kier molecular flexibility index (Phi) is 6.90. The molecule has 5 nitrogen and oxygen atoms in total. The summed E-state index contributed by atoms with van der Waals surface area (Å²) < 4.78 is 6.10. The average molecular weight is 496 g/mol. The van der Waals surface area contributed by atoms with Crippen molar-refractivity contribution in [3.8, 4) is 11.4 Å². The molecule has 1 aromatic heterocycles. The fraction of sp³-hybridized carbons (Fsp3) is 0.233. The third kappa shape index (κ3) is 5.35. The van der Waals surface area contributed by atoms with Crippen molar-refractivity contribution in [2.45, 2.75) is 44.4 Å². The molecule has 4 aromatic rings. The molecule has 1 aliphatic heterocycles. The molecule has 6 heteroatoms. The van der Waals surface area contributed by atoms with E-state index in [1.807, 2.05) is 72.8 Å². The number of ether oxygens (including phenoxy) is 1. The number of benzene rings is 3. The summed E-state index contributed by atoms with van der Waals surface area (Å²) in [6.45, 7) is 6.67. The van der Waals surface area contributed by atoms with Gasteiger partial charge in [-0.1, -0.05) is 71.9 Å². The van der Waals surface area contributed by atoms with Crippen LogP contribution in [-0.2, 0) is 22.6 Å². The largest absolute Gasteiger partial charge is 0.370 e. The highest BCUT2D eigenvalue weighted by Gasteiger charge is 2.30. The smallest absolute Gasteiger partial charge is 0.241 e. The van der Waals surface area contributed by atoms with Crippen molar-refractivity contribution in [3.63, 3.8) is 0 Å². The third-order valence-electron chi connectivity index (χ3n) is 6.14. The molecular formula is C30H29N3O2S. The SMILES string of the molecule is Cc1cccc(-c2nc3c(c(SCC(=O)N(c4ccccc4)c4ccccc4)n2)COC(C)(C)C3)c1. The third-order valence-corrected chi connectivity index (χ3v) is 7.14. The van der Waals surface area contributed by atoms with Crippen LogP contribution in [-0.4, -0.2) is 27.2 Å². The highest BCUT2D eigenvalue weighted by atomic mass is 32.2. The van der Waals surface area contributed by atoms with Crippen molar-refractivity contribution in [3.05, 3.63) is 102 Å². The minimum absolute atomic E-state index is 0.0149. The van der Waals surface area contributed by atoms with Crippen LogP contribution in [0.25, 0.3) is 11.4 Å². The maximum absolute atomic E-state index is 13.6. The fourth-order valence-corrected chi connectivity index (χ4v) is 5.23. The summed E-state index contributed by atoms with van der Waals surface area (Å²) in [5.41, 5.74) is 5.49. The number of hydrogen-bond donors (Lipinski definition) is 0. The molecule has 0 bridgehead atoms. The molecule has 0 radical (unpaired) electrons. The molecule has 1 amide bonds. The summed E-state index contributed by atoms with van der Waals surface area (Å²) >= 11 is 1.45. The van der Waals surface area contributed by atoms with Gasteiger partial charge in [-0.05, 0) is 51.1 Å². The number of hydrogen-bond acceptors (Lipinski definition) is 5. The van der Waals surface area contributed by atoms with E-state index in [0.29, 0.717) is 18.9 Å². The second kappa shape index (κ2) is 10.2. The lowest BCUT2D eigenvalue weighted by atomic mass is 9.96. The maximum Gasteiger partial charge on any atom is 0.241 e. The molecule has 0 saturated heterocycles. The van der Waals surface area contributed by atoms with Crippen LogP contribution in [0.5, 0.6) is 0 Å². The van der Waals surface area contributed by atoms with Gasteiger partial charge in [0.2, 0.25) is 5.91 Å². The van der Waals surface area contributed by atoms with Gasteiger partial charge in [-0.15, -0.1) is 0 Å². The van der Waals surface area contributed by atoms with E-state index >= 15 is 0 Å². The quantitative estimate of drug-likeness (QED) is 0.218. The summed E-state index contributed by atoms with van der Waals surface area (Å²) in [5, 5.41) is 0.807. The molecule has 182 valence electrons. The van der Waals surface area contributed by atoms with Crippen molar-refractivity contribution < 1.29 is 9.53 Å². The standard InChI is InChI=1S/C30H29N3O2S/c1-21-11-10-12-22(17-21)28-31-26-18-30(2,3)35-19-25(26)29(32-28)36-20-27(34)33(23-13-6-4-7-14-23)24-15-8-5-9-16-24/h4-17H,18-20H2,1-3H3. The first-order valence-electron chi connectivity index (χ1n) is 12.1. The Labute approximate surface area is 216 Å². The number of amides is 1. The first-order valence-corrected chi connectivity index (χ1v) is 13.0. The number of nitrogens with zero attached hydrogens (tertiary/aromatic N) is 3. The molecule has 3 aromatic carbocycles. The van der Waals surface area contributed by atoms with Crippen LogP contribution in [0.4, 0.5) is 11.4 Å². The van der Waals surface area contributed by atoms with E-state index < -0.39 is 0 Å². The minimum atomic E-state index is -0.291. The summed E-state index contributed by atoms with van der Waals surface area (Å²) in [6, 6.07) is 27.7. The average Bonchev–Trinajstić information content (AvgIpc) is 2.88. The van der Waals surface area contributed by atoms with E-state index in [4.69, 9.17) is 14.7 Å². The first kappa shape index (κ1) is 24.2. The zero-order valence-electron chi connectivity index (χ0n) is 20.8. The lowest BCUT2D eigenvalue weighted by Crippen LogP contribution is -2.33. The number of para-hydroxylation sites is 2. The Morgan fingerprint density at radius 1 is 0.944 bits per heavy atom. The van der Waals surface area contributed by atoms with Crippen LogP contribution < -0.4 is 4.90 Å². The maximum atomic E-state index is 13.6. The lowest BCUT2D eigenvalue weighted by Gasteiger charge is -2.32. The number of rotatable bonds is 6. The van der Waals surface area contributed by atoms with Crippen LogP contribution in [0, 0.1) is 6.92 Å². The Balaban J connectivity index is 1.48. The fourth-order valence-electron chi connectivity index (χ4n) is 4.34. The number of anilines is 2. The van der Waals surface area contributed by atoms with E-state index in [9.17, 15) is 4.79 Å². The highest BCUT2D eigenvalue weighted by Crippen LogP contribution is 2.35. The van der Waals surface area contributed by atoms with Gasteiger partial charge in [0.1, 0.15) is 5.03 Å². The van der Waals surface area contributed by atoms with E-state index in [1.165, 1.54) is 11.8 Å². The molecule has 36 heavy (non-hydrogen) atoms. The van der Waals surface area contributed by atoms with Gasteiger partial charge in [0.15, 0.2) is 5.82 Å². The van der Waals surface area contributed by atoms with Gasteiger partial charge in [0.05, 0.1) is 23.7 Å². The van der Waals surface area contributed by atoms with Gasteiger partial charge >= 0.3 is 0 Å². The number of aromatic nitrogens is 2. The van der Waals surface area contributed by atoms with Crippen LogP contribution in [0.3, 0.4) is 0 Å². The monoisotopic (exact) mass is 495 g/mol. The number of fused-ring (bicyclic) bond motifs is 1. The molecule has 2 heterocycles. The molecule has 0 atom stereocenters. The molecule has 0 saturated carbocycles. The first-order chi connectivity index (χ1) is 17.4. The predicted molar refractivity (Wildman–Crippen MR) is 146 cm³/mol.